The summed E-state index contributed by atoms with van der Waals surface area (Å²) >= 11 is 0. The van der Waals surface area contributed by atoms with Crippen molar-refractivity contribution < 1.29 is 14.3 Å². The highest BCUT2D eigenvalue weighted by molar-refractivity contribution is 5.89. The molecule has 23 heavy (non-hydrogen) atoms. The molecule has 1 fully saturated rings. The van der Waals surface area contributed by atoms with Crippen molar-refractivity contribution in [2.75, 3.05) is 6.61 Å². The molecular weight excluding hydrogens is 294 g/mol. The van der Waals surface area contributed by atoms with Gasteiger partial charge in [-0.2, -0.15) is 0 Å². The van der Waals surface area contributed by atoms with Gasteiger partial charge >= 0.3 is 0 Å². The van der Waals surface area contributed by atoms with Crippen LogP contribution in [0.1, 0.15) is 18.5 Å². The van der Waals surface area contributed by atoms with Gasteiger partial charge in [0.05, 0.1) is 5.52 Å². The molecule has 6 nitrogen and oxygen atoms in total. The second kappa shape index (κ2) is 6.75. The SMILES string of the molecule is NC(=O)[C@H](Cc1ccc2ccccc2n1)NC(=O)[C@H]1CCCO1. The van der Waals surface area contributed by atoms with Gasteiger partial charge in [-0.15, -0.1) is 0 Å². The van der Waals surface area contributed by atoms with Crippen LogP contribution in [-0.2, 0) is 20.7 Å². The highest BCUT2D eigenvalue weighted by Gasteiger charge is 2.27. The number of amides is 2. The molecule has 2 heterocycles. The third-order valence-corrected chi connectivity index (χ3v) is 3.95. The predicted octanol–water partition coefficient (Wildman–Crippen LogP) is 0.926. The number of rotatable bonds is 5. The van der Waals surface area contributed by atoms with Gasteiger partial charge in [-0.05, 0) is 25.0 Å². The number of primary amides is 1. The highest BCUT2D eigenvalue weighted by Crippen LogP contribution is 2.14. The number of ether oxygens (including phenoxy) is 1. The summed E-state index contributed by atoms with van der Waals surface area (Å²) < 4.78 is 5.32. The van der Waals surface area contributed by atoms with Gasteiger partial charge in [0.25, 0.3) is 0 Å². The molecule has 6 heteroatoms. The Morgan fingerprint density at radius 2 is 2.13 bits per heavy atom. The lowest BCUT2D eigenvalue weighted by molar-refractivity contribution is -0.133. The fraction of sp³-hybridized carbons (Fsp3) is 0.353. The van der Waals surface area contributed by atoms with Crippen molar-refractivity contribution in [1.29, 1.82) is 0 Å². The molecule has 2 amide bonds. The number of benzene rings is 1. The van der Waals surface area contributed by atoms with E-state index < -0.39 is 18.1 Å². The monoisotopic (exact) mass is 313 g/mol. The number of aromatic nitrogens is 1. The maximum absolute atomic E-state index is 12.1. The second-order valence-electron chi connectivity index (χ2n) is 5.66. The van der Waals surface area contributed by atoms with Crippen molar-refractivity contribution in [1.82, 2.24) is 10.3 Å². The van der Waals surface area contributed by atoms with Crippen LogP contribution < -0.4 is 11.1 Å². The smallest absolute Gasteiger partial charge is 0.249 e. The summed E-state index contributed by atoms with van der Waals surface area (Å²) in [6.07, 6.45) is 1.30. The topological polar surface area (TPSA) is 94.3 Å². The minimum absolute atomic E-state index is 0.263. The summed E-state index contributed by atoms with van der Waals surface area (Å²) in [6.45, 7) is 0.575. The molecule has 1 saturated heterocycles. The van der Waals surface area contributed by atoms with Crippen LogP contribution in [0, 0.1) is 0 Å². The van der Waals surface area contributed by atoms with E-state index in [0.717, 1.165) is 17.3 Å². The highest BCUT2D eigenvalue weighted by atomic mass is 16.5. The van der Waals surface area contributed by atoms with E-state index in [1.807, 2.05) is 36.4 Å². The normalized spacial score (nSPS) is 18.7. The Morgan fingerprint density at radius 1 is 1.30 bits per heavy atom. The van der Waals surface area contributed by atoms with Gasteiger partial charge in [-0.3, -0.25) is 14.6 Å². The molecule has 0 radical (unpaired) electrons. The van der Waals surface area contributed by atoms with Crippen LogP contribution in [0.15, 0.2) is 36.4 Å². The van der Waals surface area contributed by atoms with E-state index in [9.17, 15) is 9.59 Å². The number of pyridine rings is 1. The van der Waals surface area contributed by atoms with E-state index >= 15 is 0 Å². The van der Waals surface area contributed by atoms with Gasteiger partial charge in [0.1, 0.15) is 12.1 Å². The summed E-state index contributed by atoms with van der Waals surface area (Å²) in [4.78, 5) is 28.3. The first-order chi connectivity index (χ1) is 11.1. The largest absolute Gasteiger partial charge is 0.368 e. The third kappa shape index (κ3) is 3.65. The molecule has 3 N–H and O–H groups in total. The number of nitrogens with two attached hydrogens (primary N) is 1. The molecule has 3 rings (SSSR count). The number of nitrogens with zero attached hydrogens (tertiary/aromatic N) is 1. The van der Waals surface area contributed by atoms with E-state index in [-0.39, 0.29) is 12.3 Å². The van der Waals surface area contributed by atoms with E-state index in [4.69, 9.17) is 10.5 Å². The van der Waals surface area contributed by atoms with E-state index in [2.05, 4.69) is 10.3 Å². The quantitative estimate of drug-likeness (QED) is 0.858. The molecular formula is C17H19N3O3. The lowest BCUT2D eigenvalue weighted by Gasteiger charge is -2.17. The van der Waals surface area contributed by atoms with Gasteiger partial charge in [0.15, 0.2) is 0 Å². The van der Waals surface area contributed by atoms with Crippen LogP contribution in [-0.4, -0.2) is 35.6 Å². The Labute approximate surface area is 134 Å². The number of carbonyl (C=O) groups excluding carboxylic acids is 2. The molecule has 0 bridgehead atoms. The molecule has 120 valence electrons. The van der Waals surface area contributed by atoms with Crippen LogP contribution in [0.2, 0.25) is 0 Å². The molecule has 1 aliphatic rings. The maximum atomic E-state index is 12.1. The second-order valence-corrected chi connectivity index (χ2v) is 5.66. The zero-order valence-electron chi connectivity index (χ0n) is 12.7. The molecule has 1 aliphatic heterocycles. The molecule has 0 spiro atoms. The Hall–Kier alpha value is -2.47. The van der Waals surface area contributed by atoms with Crippen LogP contribution >= 0.6 is 0 Å². The number of fused-ring (bicyclic) bond motifs is 1. The summed E-state index contributed by atoms with van der Waals surface area (Å²) in [7, 11) is 0. The van der Waals surface area contributed by atoms with Crippen LogP contribution in [0.5, 0.6) is 0 Å². The Bertz CT molecular complexity index is 726. The molecule has 1 aromatic heterocycles. The molecule has 0 aliphatic carbocycles. The Balaban J connectivity index is 1.72. The average molecular weight is 313 g/mol. The zero-order chi connectivity index (χ0) is 16.2. The van der Waals surface area contributed by atoms with Gasteiger partial charge in [0.2, 0.25) is 11.8 Å². The molecule has 2 aromatic rings. The van der Waals surface area contributed by atoms with Crippen molar-refractivity contribution in [3.8, 4) is 0 Å². The lowest BCUT2D eigenvalue weighted by atomic mass is 10.1. The van der Waals surface area contributed by atoms with Gasteiger partial charge in [-0.25, -0.2) is 0 Å². The van der Waals surface area contributed by atoms with Gasteiger partial charge in [-0.1, -0.05) is 24.3 Å². The van der Waals surface area contributed by atoms with Crippen molar-refractivity contribution in [2.24, 2.45) is 5.73 Å². The van der Waals surface area contributed by atoms with Crippen molar-refractivity contribution in [3.63, 3.8) is 0 Å². The van der Waals surface area contributed by atoms with Gasteiger partial charge < -0.3 is 15.8 Å². The van der Waals surface area contributed by atoms with Crippen LogP contribution in [0.25, 0.3) is 10.9 Å². The molecule has 1 aromatic carbocycles. The first kappa shape index (κ1) is 15.4. The zero-order valence-corrected chi connectivity index (χ0v) is 12.7. The number of para-hydroxylation sites is 1. The minimum Gasteiger partial charge on any atom is -0.368 e. The number of hydrogen-bond donors (Lipinski definition) is 2. The average Bonchev–Trinajstić information content (AvgIpc) is 3.08. The summed E-state index contributed by atoms with van der Waals surface area (Å²) in [5.74, 6) is -0.863. The first-order valence-electron chi connectivity index (χ1n) is 7.69. The Morgan fingerprint density at radius 3 is 2.87 bits per heavy atom. The van der Waals surface area contributed by atoms with Crippen molar-refractivity contribution in [2.45, 2.75) is 31.4 Å². The molecule has 0 unspecified atom stereocenters. The third-order valence-electron chi connectivity index (χ3n) is 3.95. The molecule has 0 saturated carbocycles. The summed E-state index contributed by atoms with van der Waals surface area (Å²) in [5, 5.41) is 3.70. The van der Waals surface area contributed by atoms with Crippen molar-refractivity contribution in [3.05, 3.63) is 42.1 Å². The fourth-order valence-electron chi connectivity index (χ4n) is 2.70. The van der Waals surface area contributed by atoms with E-state index in [1.54, 1.807) is 0 Å². The fourth-order valence-corrected chi connectivity index (χ4v) is 2.70. The van der Waals surface area contributed by atoms with E-state index in [1.165, 1.54) is 0 Å². The lowest BCUT2D eigenvalue weighted by Crippen LogP contribution is -2.49. The summed E-state index contributed by atoms with van der Waals surface area (Å²) in [5.41, 5.74) is 6.98. The number of hydrogen-bond acceptors (Lipinski definition) is 4. The number of nitrogens with one attached hydrogen (secondary N) is 1. The maximum Gasteiger partial charge on any atom is 0.249 e. The van der Waals surface area contributed by atoms with Gasteiger partial charge in [0, 0.05) is 24.1 Å². The van der Waals surface area contributed by atoms with E-state index in [0.29, 0.717) is 18.7 Å². The van der Waals surface area contributed by atoms with Crippen LogP contribution in [0.3, 0.4) is 0 Å². The Kier molecular flexibility index (Phi) is 4.52. The standard InChI is InChI=1S/C17H19N3O3/c18-16(21)14(20-17(22)15-6-3-9-23-15)10-12-8-7-11-4-1-2-5-13(11)19-12/h1-2,4-5,7-8,14-15H,3,6,9-10H2,(H2,18,21)(H,20,22)/t14-,15+/m0/s1. The summed E-state index contributed by atoms with van der Waals surface area (Å²) in [6, 6.07) is 10.7. The predicted molar refractivity (Wildman–Crippen MR) is 85.5 cm³/mol. The minimum atomic E-state index is -0.791. The molecule has 2 atom stereocenters. The van der Waals surface area contributed by atoms with Crippen molar-refractivity contribution >= 4 is 22.7 Å². The van der Waals surface area contributed by atoms with Crippen LogP contribution in [0.4, 0.5) is 0 Å². The number of carbonyl (C=O) groups is 2. The first-order valence-corrected chi connectivity index (χ1v) is 7.69.